The van der Waals surface area contributed by atoms with Crippen molar-refractivity contribution in [2.45, 2.75) is 52.0 Å². The zero-order valence-electron chi connectivity index (χ0n) is 15.7. The first-order chi connectivity index (χ1) is 12.7. The van der Waals surface area contributed by atoms with Gasteiger partial charge in [0.2, 0.25) is 0 Å². The van der Waals surface area contributed by atoms with Crippen LogP contribution in [0.3, 0.4) is 0 Å². The van der Waals surface area contributed by atoms with Crippen LogP contribution in [-0.4, -0.2) is 12.8 Å². The maximum absolute atomic E-state index is 12.2. The lowest BCUT2D eigenvalue weighted by atomic mass is 9.89. The molecule has 0 saturated heterocycles. The lowest BCUT2D eigenvalue weighted by Gasteiger charge is -2.22. The molecule has 2 N–H and O–H groups in total. The molecule has 3 rings (SSSR count). The average Bonchev–Trinajstić information content (AvgIpc) is 2.67. The van der Waals surface area contributed by atoms with Gasteiger partial charge in [-0.25, -0.2) is 4.79 Å². The van der Waals surface area contributed by atoms with Gasteiger partial charge in [0, 0.05) is 0 Å². The highest BCUT2D eigenvalue weighted by Crippen LogP contribution is 2.26. The van der Waals surface area contributed by atoms with Crippen molar-refractivity contribution in [2.24, 2.45) is 0 Å². The first-order valence-corrected chi connectivity index (χ1v) is 9.51. The molecule has 0 aliphatic heterocycles. The number of nitrogens with one attached hydrogen (secondary N) is 2. The summed E-state index contributed by atoms with van der Waals surface area (Å²) in [6.07, 6.45) is 5.72. The molecule has 1 aliphatic rings. The van der Waals surface area contributed by atoms with Crippen LogP contribution in [0.5, 0.6) is 5.75 Å². The van der Waals surface area contributed by atoms with Gasteiger partial charge in [0.15, 0.2) is 6.73 Å². The number of aryl methyl sites for hydroxylation is 3. The fourth-order valence-corrected chi connectivity index (χ4v) is 3.42. The maximum Gasteiger partial charge on any atom is 0.317 e. The Labute approximate surface area is 156 Å². The lowest BCUT2D eigenvalue weighted by Crippen LogP contribution is -2.39. The Morgan fingerprint density at radius 3 is 2.54 bits per heavy atom. The van der Waals surface area contributed by atoms with Crippen LogP contribution < -0.4 is 15.4 Å². The van der Waals surface area contributed by atoms with E-state index < -0.39 is 0 Å². The van der Waals surface area contributed by atoms with E-state index in [-0.39, 0.29) is 18.8 Å². The Bertz CT molecular complexity index is 740. The molecule has 1 unspecified atom stereocenters. The molecule has 1 aliphatic carbocycles. The molecular weight excluding hydrogens is 324 g/mol. The number of carbonyl (C=O) groups excluding carboxylic acids is 1. The predicted molar refractivity (Wildman–Crippen MR) is 104 cm³/mol. The molecule has 4 heteroatoms. The molecule has 0 saturated carbocycles. The Hall–Kier alpha value is -2.49. The van der Waals surface area contributed by atoms with Crippen molar-refractivity contribution in [1.82, 2.24) is 10.6 Å². The van der Waals surface area contributed by atoms with Crippen LogP contribution in [0.15, 0.2) is 42.5 Å². The van der Waals surface area contributed by atoms with E-state index in [4.69, 9.17) is 4.74 Å². The summed E-state index contributed by atoms with van der Waals surface area (Å²) in [6, 6.07) is 14.2. The normalized spacial score (nSPS) is 14.2. The summed E-state index contributed by atoms with van der Waals surface area (Å²) in [6.45, 7) is 4.27. The molecule has 2 aromatic rings. The van der Waals surface area contributed by atoms with Crippen molar-refractivity contribution < 1.29 is 9.53 Å². The molecule has 138 valence electrons. The van der Waals surface area contributed by atoms with Crippen LogP contribution in [-0.2, 0) is 12.8 Å². The minimum Gasteiger partial charge on any atom is -0.473 e. The fraction of sp³-hybridized carbons (Fsp3) is 0.409. The first-order valence-electron chi connectivity index (χ1n) is 9.51. The van der Waals surface area contributed by atoms with Crippen LogP contribution in [0.25, 0.3) is 0 Å². The quantitative estimate of drug-likeness (QED) is 0.743. The summed E-state index contributed by atoms with van der Waals surface area (Å²) in [5, 5.41) is 5.83. The van der Waals surface area contributed by atoms with Gasteiger partial charge in [-0.3, -0.25) is 0 Å². The second kappa shape index (κ2) is 8.75. The van der Waals surface area contributed by atoms with Gasteiger partial charge in [-0.1, -0.05) is 42.8 Å². The minimum absolute atomic E-state index is 0.0154. The zero-order chi connectivity index (χ0) is 18.4. The molecule has 26 heavy (non-hydrogen) atoms. The average molecular weight is 352 g/mol. The molecule has 0 aromatic heterocycles. The van der Waals surface area contributed by atoms with Crippen LogP contribution in [0.4, 0.5) is 4.79 Å². The van der Waals surface area contributed by atoms with Crippen molar-refractivity contribution >= 4 is 6.03 Å². The third-order valence-corrected chi connectivity index (χ3v) is 4.98. The summed E-state index contributed by atoms with van der Waals surface area (Å²) in [5.41, 5.74) is 5.27. The van der Waals surface area contributed by atoms with E-state index in [1.54, 1.807) is 0 Å². The lowest BCUT2D eigenvalue weighted by molar-refractivity contribution is 0.220. The second-order valence-electron chi connectivity index (χ2n) is 6.95. The summed E-state index contributed by atoms with van der Waals surface area (Å²) in [5.74, 6) is 0.748. The van der Waals surface area contributed by atoms with Crippen LogP contribution in [0.1, 0.15) is 54.5 Å². The largest absolute Gasteiger partial charge is 0.473 e. The number of hydrogen-bond donors (Lipinski definition) is 2. The van der Waals surface area contributed by atoms with Crippen LogP contribution >= 0.6 is 0 Å². The predicted octanol–water partition coefficient (Wildman–Crippen LogP) is 4.66. The highest BCUT2D eigenvalue weighted by Gasteiger charge is 2.16. The Morgan fingerprint density at radius 2 is 1.81 bits per heavy atom. The molecule has 0 fully saturated rings. The number of carbonyl (C=O) groups is 1. The molecule has 0 spiro atoms. The van der Waals surface area contributed by atoms with Crippen LogP contribution in [0, 0.1) is 6.92 Å². The zero-order valence-corrected chi connectivity index (χ0v) is 15.7. The van der Waals surface area contributed by atoms with Gasteiger partial charge in [-0.05, 0) is 67.9 Å². The van der Waals surface area contributed by atoms with E-state index in [0.717, 1.165) is 18.6 Å². The number of hydrogen-bond acceptors (Lipinski definition) is 2. The van der Waals surface area contributed by atoms with E-state index in [1.807, 2.05) is 31.2 Å². The maximum atomic E-state index is 12.2. The summed E-state index contributed by atoms with van der Waals surface area (Å²) < 4.78 is 5.56. The third-order valence-electron chi connectivity index (χ3n) is 4.98. The molecule has 4 nitrogen and oxygen atoms in total. The van der Waals surface area contributed by atoms with Crippen molar-refractivity contribution in [3.8, 4) is 5.75 Å². The van der Waals surface area contributed by atoms with Gasteiger partial charge < -0.3 is 15.4 Å². The van der Waals surface area contributed by atoms with Gasteiger partial charge in [-0.2, -0.15) is 0 Å². The number of rotatable bonds is 6. The topological polar surface area (TPSA) is 50.4 Å². The Balaban J connectivity index is 1.52. The van der Waals surface area contributed by atoms with Crippen molar-refractivity contribution in [3.05, 3.63) is 64.7 Å². The van der Waals surface area contributed by atoms with Gasteiger partial charge in [0.1, 0.15) is 5.75 Å². The van der Waals surface area contributed by atoms with E-state index >= 15 is 0 Å². The molecule has 2 amide bonds. The third kappa shape index (κ3) is 4.78. The molecule has 0 heterocycles. The first kappa shape index (κ1) is 18.3. The van der Waals surface area contributed by atoms with Gasteiger partial charge in [-0.15, -0.1) is 0 Å². The Kier molecular flexibility index (Phi) is 6.16. The van der Waals surface area contributed by atoms with Crippen molar-refractivity contribution in [2.75, 3.05) is 6.73 Å². The van der Waals surface area contributed by atoms with Gasteiger partial charge in [0.25, 0.3) is 0 Å². The smallest absolute Gasteiger partial charge is 0.317 e. The summed E-state index contributed by atoms with van der Waals surface area (Å²) in [4.78, 5) is 12.2. The van der Waals surface area contributed by atoms with Gasteiger partial charge >= 0.3 is 6.03 Å². The highest BCUT2D eigenvalue weighted by atomic mass is 16.5. The molecule has 0 bridgehead atoms. The summed E-state index contributed by atoms with van der Waals surface area (Å²) in [7, 11) is 0. The number of ether oxygens (including phenoxy) is 1. The molecule has 1 atom stereocenters. The highest BCUT2D eigenvalue weighted by molar-refractivity contribution is 5.74. The number of urea groups is 1. The SMILES string of the molecule is CCC(NC(=O)NCOc1ccc(C)cc1)c1ccc2c(c1)CCCC2. The number of benzene rings is 2. The van der Waals surface area contributed by atoms with Crippen LogP contribution in [0.2, 0.25) is 0 Å². The van der Waals surface area contributed by atoms with Gasteiger partial charge in [0.05, 0.1) is 6.04 Å². The number of amides is 2. The standard InChI is InChI=1S/C22H28N2O2/c1-3-21(19-11-10-17-6-4-5-7-18(17)14-19)24-22(25)23-15-26-20-12-8-16(2)9-13-20/h8-14,21H,3-7,15H2,1-2H3,(H2,23,24,25). The summed E-state index contributed by atoms with van der Waals surface area (Å²) >= 11 is 0. The van der Waals surface area contributed by atoms with E-state index in [0.29, 0.717) is 0 Å². The monoisotopic (exact) mass is 352 g/mol. The van der Waals surface area contributed by atoms with E-state index in [2.05, 4.69) is 35.8 Å². The van der Waals surface area contributed by atoms with E-state index in [9.17, 15) is 4.79 Å². The molecular formula is C22H28N2O2. The number of fused-ring (bicyclic) bond motifs is 1. The fourth-order valence-electron chi connectivity index (χ4n) is 3.42. The molecule has 0 radical (unpaired) electrons. The van der Waals surface area contributed by atoms with Crippen molar-refractivity contribution in [3.63, 3.8) is 0 Å². The Morgan fingerprint density at radius 1 is 1.08 bits per heavy atom. The second-order valence-corrected chi connectivity index (χ2v) is 6.95. The van der Waals surface area contributed by atoms with Crippen molar-refractivity contribution in [1.29, 1.82) is 0 Å². The van der Waals surface area contributed by atoms with E-state index in [1.165, 1.54) is 41.5 Å². The molecule has 2 aromatic carbocycles. The minimum atomic E-state index is -0.207.